The van der Waals surface area contributed by atoms with E-state index in [1.54, 1.807) is 0 Å². The van der Waals surface area contributed by atoms with Gasteiger partial charge < -0.3 is 5.73 Å². The van der Waals surface area contributed by atoms with Crippen molar-refractivity contribution in [3.05, 3.63) is 5.69 Å². The van der Waals surface area contributed by atoms with Gasteiger partial charge in [0.15, 0.2) is 0 Å². The summed E-state index contributed by atoms with van der Waals surface area (Å²) in [6, 6.07) is 0.548. The molecule has 0 radical (unpaired) electrons. The molecule has 84 valence electrons. The fraction of sp³-hybridized carbons (Fsp3) is 0.800. The lowest BCUT2D eigenvalue weighted by molar-refractivity contribution is 0.201. The highest BCUT2D eigenvalue weighted by molar-refractivity contribution is 7.09. The third-order valence-electron chi connectivity index (χ3n) is 2.86. The van der Waals surface area contributed by atoms with Gasteiger partial charge in [-0.2, -0.15) is 0 Å². The van der Waals surface area contributed by atoms with Crippen LogP contribution in [0.3, 0.4) is 0 Å². The second kappa shape index (κ2) is 4.45. The fourth-order valence-corrected chi connectivity index (χ4v) is 2.05. The molecule has 0 bridgehead atoms. The third-order valence-corrected chi connectivity index (χ3v) is 3.45. The lowest BCUT2D eigenvalue weighted by Gasteiger charge is -2.25. The van der Waals surface area contributed by atoms with Crippen molar-refractivity contribution >= 4 is 16.5 Å². The summed E-state index contributed by atoms with van der Waals surface area (Å²) in [5.74, 6) is 0.903. The average Bonchev–Trinajstić information content (AvgIpc) is 2.90. The highest BCUT2D eigenvalue weighted by Gasteiger charge is 2.26. The van der Waals surface area contributed by atoms with E-state index in [9.17, 15) is 0 Å². The van der Waals surface area contributed by atoms with Gasteiger partial charge in [-0.25, -0.2) is 0 Å². The molecule has 0 saturated heterocycles. The quantitative estimate of drug-likeness (QED) is 0.831. The molecular formula is C10H18N4S. The summed E-state index contributed by atoms with van der Waals surface area (Å²) in [6.45, 7) is 6.46. The van der Waals surface area contributed by atoms with Gasteiger partial charge in [0.25, 0.3) is 0 Å². The number of nitrogens with zero attached hydrogens (tertiary/aromatic N) is 3. The summed E-state index contributed by atoms with van der Waals surface area (Å²) in [6.07, 6.45) is 2.77. The molecule has 2 N–H and O–H groups in total. The molecule has 0 aliphatic heterocycles. The minimum absolute atomic E-state index is 0.548. The van der Waals surface area contributed by atoms with Crippen molar-refractivity contribution in [1.29, 1.82) is 0 Å². The molecule has 1 saturated carbocycles. The average molecular weight is 226 g/mol. The van der Waals surface area contributed by atoms with Crippen LogP contribution in [0.5, 0.6) is 0 Å². The van der Waals surface area contributed by atoms with E-state index in [1.165, 1.54) is 30.9 Å². The normalized spacial score (nSPS) is 16.5. The van der Waals surface area contributed by atoms with E-state index in [4.69, 9.17) is 5.73 Å². The minimum Gasteiger partial charge on any atom is -0.388 e. The molecule has 0 amide bonds. The number of anilines is 1. The van der Waals surface area contributed by atoms with Gasteiger partial charge in [0.05, 0.1) is 0 Å². The van der Waals surface area contributed by atoms with Crippen LogP contribution in [-0.2, 0) is 6.54 Å². The maximum atomic E-state index is 5.80. The van der Waals surface area contributed by atoms with Gasteiger partial charge >= 0.3 is 0 Å². The molecule has 0 atom stereocenters. The highest BCUT2D eigenvalue weighted by atomic mass is 32.1. The van der Waals surface area contributed by atoms with Crippen molar-refractivity contribution < 1.29 is 0 Å². The highest BCUT2D eigenvalue weighted by Crippen LogP contribution is 2.31. The Hall–Kier alpha value is -0.680. The number of nitrogens with two attached hydrogens (primary N) is 1. The topological polar surface area (TPSA) is 55.0 Å². The zero-order valence-corrected chi connectivity index (χ0v) is 10.1. The molecule has 0 unspecified atom stereocenters. The van der Waals surface area contributed by atoms with Crippen LogP contribution in [0.2, 0.25) is 0 Å². The number of rotatable bonds is 5. The first-order chi connectivity index (χ1) is 7.16. The van der Waals surface area contributed by atoms with E-state index >= 15 is 0 Å². The lowest BCUT2D eigenvalue weighted by atomic mass is 10.2. The molecule has 0 aromatic carbocycles. The van der Waals surface area contributed by atoms with Gasteiger partial charge in [-0.15, -0.1) is 5.10 Å². The van der Waals surface area contributed by atoms with Crippen molar-refractivity contribution in [1.82, 2.24) is 14.5 Å². The van der Waals surface area contributed by atoms with Crippen LogP contribution >= 0.6 is 11.5 Å². The number of hydrogen-bond acceptors (Lipinski definition) is 5. The fourth-order valence-electron chi connectivity index (χ4n) is 1.61. The molecule has 1 fully saturated rings. The monoisotopic (exact) mass is 226 g/mol. The summed E-state index contributed by atoms with van der Waals surface area (Å²) >= 11 is 1.28. The van der Waals surface area contributed by atoms with Gasteiger partial charge in [-0.05, 0) is 32.6 Å². The zero-order chi connectivity index (χ0) is 10.8. The second-order valence-electron chi connectivity index (χ2n) is 4.55. The minimum atomic E-state index is 0.548. The SMILES string of the molecule is CC(C)N(Cc1nnsc1N)CC1CC1. The Bertz CT molecular complexity index is 319. The van der Waals surface area contributed by atoms with Crippen LogP contribution in [0.25, 0.3) is 0 Å². The van der Waals surface area contributed by atoms with Gasteiger partial charge in [0.1, 0.15) is 10.7 Å². The van der Waals surface area contributed by atoms with Crippen LogP contribution in [0.4, 0.5) is 5.00 Å². The van der Waals surface area contributed by atoms with Crippen molar-refractivity contribution in [2.75, 3.05) is 12.3 Å². The van der Waals surface area contributed by atoms with Crippen LogP contribution < -0.4 is 5.73 Å². The van der Waals surface area contributed by atoms with Crippen LogP contribution in [0, 0.1) is 5.92 Å². The summed E-state index contributed by atoms with van der Waals surface area (Å²) in [7, 11) is 0. The van der Waals surface area contributed by atoms with Crippen molar-refractivity contribution in [3.8, 4) is 0 Å². The maximum absolute atomic E-state index is 5.80. The Balaban J connectivity index is 1.96. The molecule has 1 aromatic heterocycles. The van der Waals surface area contributed by atoms with Gasteiger partial charge in [-0.3, -0.25) is 4.90 Å². The van der Waals surface area contributed by atoms with Crippen LogP contribution in [0.1, 0.15) is 32.4 Å². The van der Waals surface area contributed by atoms with Gasteiger partial charge in [-0.1, -0.05) is 4.49 Å². The Morgan fingerprint density at radius 1 is 1.53 bits per heavy atom. The molecule has 4 nitrogen and oxygen atoms in total. The van der Waals surface area contributed by atoms with Crippen molar-refractivity contribution in [2.24, 2.45) is 5.92 Å². The third kappa shape index (κ3) is 2.89. The molecular weight excluding hydrogens is 208 g/mol. The van der Waals surface area contributed by atoms with E-state index < -0.39 is 0 Å². The van der Waals surface area contributed by atoms with Gasteiger partial charge in [0, 0.05) is 30.7 Å². The number of aromatic nitrogens is 2. The molecule has 2 rings (SSSR count). The molecule has 1 aliphatic rings. The summed E-state index contributed by atoms with van der Waals surface area (Å²) < 4.78 is 3.87. The van der Waals surface area contributed by atoms with E-state index in [0.29, 0.717) is 6.04 Å². The smallest absolute Gasteiger partial charge is 0.132 e. The first-order valence-electron chi connectivity index (χ1n) is 5.47. The molecule has 1 aromatic rings. The van der Waals surface area contributed by atoms with Crippen LogP contribution in [-0.4, -0.2) is 27.1 Å². The first-order valence-corrected chi connectivity index (χ1v) is 6.25. The van der Waals surface area contributed by atoms with Crippen molar-refractivity contribution in [2.45, 2.75) is 39.3 Å². The maximum Gasteiger partial charge on any atom is 0.132 e. The first kappa shape index (κ1) is 10.8. The predicted octanol–water partition coefficient (Wildman–Crippen LogP) is 1.74. The lowest BCUT2D eigenvalue weighted by Crippen LogP contribution is -2.32. The predicted molar refractivity (Wildman–Crippen MR) is 62.6 cm³/mol. The summed E-state index contributed by atoms with van der Waals surface area (Å²) in [5.41, 5.74) is 6.74. The molecule has 1 heterocycles. The van der Waals surface area contributed by atoms with E-state index in [0.717, 1.165) is 23.2 Å². The van der Waals surface area contributed by atoms with E-state index in [1.807, 2.05) is 0 Å². The number of hydrogen-bond donors (Lipinski definition) is 1. The largest absolute Gasteiger partial charge is 0.388 e. The van der Waals surface area contributed by atoms with Crippen molar-refractivity contribution in [3.63, 3.8) is 0 Å². The van der Waals surface area contributed by atoms with E-state index in [-0.39, 0.29) is 0 Å². The summed E-state index contributed by atoms with van der Waals surface area (Å²) in [5, 5.41) is 4.83. The van der Waals surface area contributed by atoms with Gasteiger partial charge in [0.2, 0.25) is 0 Å². The van der Waals surface area contributed by atoms with E-state index in [2.05, 4.69) is 28.3 Å². The Kier molecular flexibility index (Phi) is 3.21. The second-order valence-corrected chi connectivity index (χ2v) is 5.34. The summed E-state index contributed by atoms with van der Waals surface area (Å²) in [4.78, 5) is 2.44. The Morgan fingerprint density at radius 3 is 2.73 bits per heavy atom. The molecule has 5 heteroatoms. The molecule has 0 spiro atoms. The van der Waals surface area contributed by atoms with Crippen LogP contribution in [0.15, 0.2) is 0 Å². The zero-order valence-electron chi connectivity index (χ0n) is 9.31. The molecule has 1 aliphatic carbocycles. The Morgan fingerprint density at radius 2 is 2.27 bits per heavy atom. The standard InChI is InChI=1S/C10H18N4S/c1-7(2)14(5-8-3-4-8)6-9-10(11)15-13-12-9/h7-8H,3-6,11H2,1-2H3. The molecule has 15 heavy (non-hydrogen) atoms. The number of nitrogen functional groups attached to an aromatic ring is 1. The Labute approximate surface area is 94.6 Å².